The van der Waals surface area contributed by atoms with Gasteiger partial charge in [0.15, 0.2) is 11.5 Å². The van der Waals surface area contributed by atoms with Crippen molar-refractivity contribution in [3.8, 4) is 5.75 Å². The van der Waals surface area contributed by atoms with Gasteiger partial charge >= 0.3 is 12.1 Å². The van der Waals surface area contributed by atoms with Crippen molar-refractivity contribution in [3.05, 3.63) is 46.5 Å². The van der Waals surface area contributed by atoms with Gasteiger partial charge in [-0.1, -0.05) is 42.3 Å². The highest BCUT2D eigenvalue weighted by molar-refractivity contribution is 7.80. The number of halogens is 1. The van der Waals surface area contributed by atoms with Crippen LogP contribution in [0.2, 0.25) is 5.02 Å². The highest BCUT2D eigenvalue weighted by Crippen LogP contribution is 2.50. The van der Waals surface area contributed by atoms with E-state index in [9.17, 15) is 24.3 Å². The summed E-state index contributed by atoms with van der Waals surface area (Å²) >= 11 is 11.1. The number of benzene rings is 1. The van der Waals surface area contributed by atoms with E-state index in [2.05, 4.69) is 17.9 Å². The second kappa shape index (κ2) is 17.0. The number of hydrogen-bond donors (Lipinski definition) is 3. The van der Waals surface area contributed by atoms with Gasteiger partial charge in [0.1, 0.15) is 46.3 Å². The number of Topliss-reactive ketones (excluding diaryl/α,β-unsaturated/α-hetero) is 1. The number of ether oxygens (including phenoxy) is 5. The predicted molar refractivity (Wildman–Crippen MR) is 204 cm³/mol. The fourth-order valence-corrected chi connectivity index (χ4v) is 7.70. The number of fused-ring (bicyclic) bond motifs is 7. The maximum Gasteiger partial charge on any atom is 0.409 e. The molecule has 0 saturated carbocycles. The van der Waals surface area contributed by atoms with Gasteiger partial charge in [0.2, 0.25) is 5.91 Å². The van der Waals surface area contributed by atoms with Crippen molar-refractivity contribution in [3.63, 3.8) is 0 Å². The van der Waals surface area contributed by atoms with Crippen molar-refractivity contribution in [2.75, 3.05) is 39.8 Å². The van der Waals surface area contributed by atoms with Crippen LogP contribution in [0.4, 0.5) is 10.5 Å². The summed E-state index contributed by atoms with van der Waals surface area (Å²) in [4.78, 5) is 56.3. The number of aliphatic hydroxyl groups is 1. The molecule has 15 heteroatoms. The fraction of sp³-hybridized carbons (Fsp3) is 0.632. The molecule has 2 amide bonds. The molecule has 2 N–H and O–H groups in total. The van der Waals surface area contributed by atoms with Gasteiger partial charge in [0.05, 0.1) is 19.3 Å². The Labute approximate surface area is 322 Å². The second-order valence-electron chi connectivity index (χ2n) is 15.0. The topological polar surface area (TPSA) is 153 Å². The minimum atomic E-state index is -1.85. The Morgan fingerprint density at radius 1 is 1.21 bits per heavy atom. The number of nitrogens with zero attached hydrogens (tertiary/aromatic N) is 2. The number of alkyl carbamates (subject to hydrolysis) is 1. The molecule has 1 aromatic carbocycles. The zero-order valence-corrected chi connectivity index (χ0v) is 33.7. The monoisotopic (exact) mass is 779 g/mol. The first-order valence-corrected chi connectivity index (χ1v) is 18.6. The van der Waals surface area contributed by atoms with Crippen LogP contribution in [0.15, 0.2) is 35.9 Å². The Morgan fingerprint density at radius 3 is 2.51 bits per heavy atom. The van der Waals surface area contributed by atoms with Crippen LogP contribution in [0, 0.1) is 0 Å². The molecule has 2 saturated heterocycles. The van der Waals surface area contributed by atoms with Crippen molar-refractivity contribution in [2.45, 2.75) is 120 Å². The zero-order chi connectivity index (χ0) is 39.5. The third-order valence-electron chi connectivity index (χ3n) is 10.4. The van der Waals surface area contributed by atoms with Gasteiger partial charge in [-0.2, -0.15) is 12.6 Å². The largest absolute Gasteiger partial charge is 0.495 e. The van der Waals surface area contributed by atoms with Crippen LogP contribution >= 0.6 is 24.2 Å². The van der Waals surface area contributed by atoms with E-state index in [0.29, 0.717) is 29.3 Å². The summed E-state index contributed by atoms with van der Waals surface area (Å²) in [6.07, 6.45) is 2.58. The predicted octanol–water partition coefficient (Wildman–Crippen LogP) is 4.80. The van der Waals surface area contributed by atoms with Crippen LogP contribution < -0.4 is 15.0 Å². The molecular formula is C38H54ClN3O10S. The van der Waals surface area contributed by atoms with Crippen LogP contribution in [0.5, 0.6) is 5.75 Å². The van der Waals surface area contributed by atoms with Crippen molar-refractivity contribution in [2.24, 2.45) is 0 Å². The quantitative estimate of drug-likeness (QED) is 0.247. The molecule has 53 heavy (non-hydrogen) atoms. The Kier molecular flexibility index (Phi) is 13.6. The molecule has 0 radical (unpaired) electrons. The minimum absolute atomic E-state index is 0.0105. The lowest BCUT2D eigenvalue weighted by Crippen LogP contribution is -2.72. The van der Waals surface area contributed by atoms with Gasteiger partial charge < -0.3 is 38.6 Å². The molecule has 5 rings (SSSR count). The van der Waals surface area contributed by atoms with Gasteiger partial charge in [-0.05, 0) is 63.5 Å². The molecule has 1 aromatic rings. The number of likely N-dealkylation sites (N-methyl/N-ethyl adjacent to an activating group) is 2. The standard InChI is InChI=1S/C38H54ClN3O10S/c1-22-11-10-12-29(49-9)38(47)19-31(51-35(46)40-38)37(5)21-36(4,52-37)30(50-34(45)24(3)42(7)32(44)14-13-23(2)53)18-26(43)20-41(6)27-16-25(15-22)17-28(48-8)33(27)39/h10-12,16-17,23-24,29-31,47,53H,13-15,18-21H2,1-9H3,(H,40,46)/b12-10+,22-11+/t23?,24-,29+,30-,31?,36+,37?,38-/m0/s1. The average molecular weight is 780 g/mol. The average Bonchev–Trinajstić information content (AvgIpc) is 3.06. The molecule has 0 spiro atoms. The van der Waals surface area contributed by atoms with E-state index >= 15 is 0 Å². The van der Waals surface area contributed by atoms with E-state index < -0.39 is 53.3 Å². The number of esters is 1. The molecule has 13 nitrogen and oxygen atoms in total. The molecule has 4 aliphatic heterocycles. The molecule has 4 aliphatic rings. The highest BCUT2D eigenvalue weighted by atomic mass is 35.5. The number of nitrogens with one attached hydrogen (secondary N) is 1. The lowest BCUT2D eigenvalue weighted by atomic mass is 9.72. The molecule has 0 aliphatic carbocycles. The van der Waals surface area contributed by atoms with Crippen LogP contribution in [-0.2, 0) is 39.8 Å². The van der Waals surface area contributed by atoms with Gasteiger partial charge in [-0.3, -0.25) is 14.9 Å². The number of methoxy groups -OCH3 is 2. The van der Waals surface area contributed by atoms with Gasteiger partial charge in [0.25, 0.3) is 0 Å². The van der Waals surface area contributed by atoms with Crippen molar-refractivity contribution < 1.29 is 48.0 Å². The maximum absolute atomic E-state index is 13.9. The number of ketones is 1. The molecule has 8 atom stereocenters. The molecule has 4 heterocycles. The summed E-state index contributed by atoms with van der Waals surface area (Å²) in [5.41, 5.74) is -1.78. The number of allylic oxidation sites excluding steroid dienone is 3. The fourth-order valence-electron chi connectivity index (χ4n) is 7.25. The van der Waals surface area contributed by atoms with Crippen molar-refractivity contribution in [1.82, 2.24) is 10.2 Å². The molecule has 294 valence electrons. The summed E-state index contributed by atoms with van der Waals surface area (Å²) in [5.74, 6) is -0.786. The lowest BCUT2D eigenvalue weighted by molar-refractivity contribution is -0.328. The normalized spacial score (nSPS) is 32.0. The van der Waals surface area contributed by atoms with Crippen LogP contribution in [0.25, 0.3) is 0 Å². The number of carbonyl (C=O) groups is 4. The molecule has 3 unspecified atom stereocenters. The number of hydrogen-bond acceptors (Lipinski definition) is 12. The molecule has 0 aromatic heterocycles. The maximum atomic E-state index is 13.9. The highest BCUT2D eigenvalue weighted by Gasteiger charge is 2.63. The Balaban J connectivity index is 1.72. The first-order chi connectivity index (χ1) is 24.7. The second-order valence-corrected chi connectivity index (χ2v) is 16.3. The SMILES string of the molecule is COc1cc2cc(c1Cl)N(C)CC(=O)C[C@H](OC(=O)[C@H](C)N(C)C(=O)CCC(C)S)[C@@]1(C)CC(C)(O1)C1C[C@@](O)(NC(=O)O1)[C@H](OC)/C=C/C=C(\C)C2. The van der Waals surface area contributed by atoms with Gasteiger partial charge in [0, 0.05) is 46.9 Å². The summed E-state index contributed by atoms with van der Waals surface area (Å²) in [6, 6.07) is 2.76. The third-order valence-corrected chi connectivity index (χ3v) is 11.0. The van der Waals surface area contributed by atoms with Gasteiger partial charge in [-0.25, -0.2) is 9.59 Å². The summed E-state index contributed by atoms with van der Waals surface area (Å²) < 4.78 is 29.5. The molecule has 6 bridgehead atoms. The van der Waals surface area contributed by atoms with Crippen LogP contribution in [-0.4, -0.2) is 115 Å². The number of amides is 2. The minimum Gasteiger partial charge on any atom is -0.495 e. The lowest BCUT2D eigenvalue weighted by Gasteiger charge is -2.59. The Hall–Kier alpha value is -3.30. The number of rotatable bonds is 8. The number of carbonyl (C=O) groups excluding carboxylic acids is 4. The third kappa shape index (κ3) is 9.88. The van der Waals surface area contributed by atoms with E-state index in [4.69, 9.17) is 35.3 Å². The summed E-state index contributed by atoms with van der Waals surface area (Å²) in [7, 11) is 6.22. The van der Waals surface area contributed by atoms with Crippen molar-refractivity contribution in [1.29, 1.82) is 0 Å². The van der Waals surface area contributed by atoms with E-state index in [0.717, 1.165) is 11.1 Å². The summed E-state index contributed by atoms with van der Waals surface area (Å²) in [5, 5.41) is 14.6. The zero-order valence-electron chi connectivity index (χ0n) is 32.1. The first kappa shape index (κ1) is 42.4. The van der Waals surface area contributed by atoms with E-state index in [1.54, 1.807) is 44.9 Å². The van der Waals surface area contributed by atoms with Crippen LogP contribution in [0.3, 0.4) is 0 Å². The van der Waals surface area contributed by atoms with Crippen LogP contribution in [0.1, 0.15) is 72.3 Å². The Morgan fingerprint density at radius 2 is 1.89 bits per heavy atom. The van der Waals surface area contributed by atoms with E-state index in [1.165, 1.54) is 26.2 Å². The molecule has 2 fully saturated rings. The summed E-state index contributed by atoms with van der Waals surface area (Å²) in [6.45, 7) is 8.77. The van der Waals surface area contributed by atoms with E-state index in [-0.39, 0.29) is 49.2 Å². The van der Waals surface area contributed by atoms with E-state index in [1.807, 2.05) is 32.1 Å². The number of anilines is 1. The smallest absolute Gasteiger partial charge is 0.409 e. The first-order valence-electron chi connectivity index (χ1n) is 17.8. The Bertz CT molecular complexity index is 1610. The number of thiol groups is 1. The van der Waals surface area contributed by atoms with Gasteiger partial charge in [-0.15, -0.1) is 0 Å². The molecular weight excluding hydrogens is 726 g/mol. The van der Waals surface area contributed by atoms with Crippen molar-refractivity contribution >= 4 is 53.7 Å².